The molecule has 0 radical (unpaired) electrons. The fourth-order valence-electron chi connectivity index (χ4n) is 1.16. The van der Waals surface area contributed by atoms with Crippen molar-refractivity contribution in [1.82, 2.24) is 10.6 Å². The maximum Gasteiger partial charge on any atom is 0.326 e. The van der Waals surface area contributed by atoms with Crippen molar-refractivity contribution in [1.29, 1.82) is 0 Å². The summed E-state index contributed by atoms with van der Waals surface area (Å²) in [6.07, 6.45) is 2.17. The molecule has 0 fully saturated rings. The molecular formula is C10H12N2O6. The van der Waals surface area contributed by atoms with Crippen molar-refractivity contribution in [2.75, 3.05) is 0 Å². The summed E-state index contributed by atoms with van der Waals surface area (Å²) < 4.78 is 4.78. The Morgan fingerprint density at radius 3 is 2.56 bits per heavy atom. The molecule has 0 unspecified atom stereocenters. The van der Waals surface area contributed by atoms with Gasteiger partial charge in [-0.25, -0.2) is 9.59 Å². The van der Waals surface area contributed by atoms with Gasteiger partial charge in [0.25, 0.3) is 0 Å². The molecule has 8 heteroatoms. The maximum absolute atomic E-state index is 11.3. The monoisotopic (exact) mass is 256 g/mol. The topological polar surface area (TPSA) is 129 Å². The van der Waals surface area contributed by atoms with Crippen LogP contribution in [0.3, 0.4) is 0 Å². The predicted octanol–water partition coefficient (Wildman–Crippen LogP) is 0.00670. The zero-order chi connectivity index (χ0) is 13.5. The van der Waals surface area contributed by atoms with Gasteiger partial charge in [0.15, 0.2) is 0 Å². The molecule has 0 aliphatic rings. The number of amides is 2. The van der Waals surface area contributed by atoms with E-state index >= 15 is 0 Å². The highest BCUT2D eigenvalue weighted by Crippen LogP contribution is 1.98. The standard InChI is InChI=1S/C10H12N2O6/c13-8(14)3-7(9(15)16)12-10(17)11-4-6-1-2-18-5-6/h1-2,5,7H,3-4H2,(H,13,14)(H,15,16)(H2,11,12,17)/t7-/m1/s1. The zero-order valence-electron chi connectivity index (χ0n) is 9.25. The number of carboxylic acid groups (broad SMARTS) is 2. The summed E-state index contributed by atoms with van der Waals surface area (Å²) in [5.41, 5.74) is 0.704. The molecule has 18 heavy (non-hydrogen) atoms. The minimum absolute atomic E-state index is 0.155. The molecule has 0 bridgehead atoms. The molecule has 0 aliphatic carbocycles. The number of aliphatic carboxylic acids is 2. The van der Waals surface area contributed by atoms with Gasteiger partial charge in [-0.1, -0.05) is 0 Å². The molecule has 4 N–H and O–H groups in total. The van der Waals surface area contributed by atoms with E-state index in [1.165, 1.54) is 12.5 Å². The molecule has 0 saturated carbocycles. The minimum atomic E-state index is -1.47. The van der Waals surface area contributed by atoms with Crippen molar-refractivity contribution in [2.45, 2.75) is 19.0 Å². The summed E-state index contributed by atoms with van der Waals surface area (Å²) in [5, 5.41) is 21.6. The van der Waals surface area contributed by atoms with Gasteiger partial charge in [0.2, 0.25) is 0 Å². The van der Waals surface area contributed by atoms with E-state index in [0.717, 1.165) is 0 Å². The lowest BCUT2D eigenvalue weighted by molar-refractivity contribution is -0.145. The smallest absolute Gasteiger partial charge is 0.326 e. The van der Waals surface area contributed by atoms with Crippen molar-refractivity contribution in [3.05, 3.63) is 24.2 Å². The van der Waals surface area contributed by atoms with Crippen molar-refractivity contribution in [3.63, 3.8) is 0 Å². The fourth-order valence-corrected chi connectivity index (χ4v) is 1.16. The van der Waals surface area contributed by atoms with Crippen LogP contribution in [0.4, 0.5) is 4.79 Å². The number of carbonyl (C=O) groups is 3. The molecule has 2 amide bonds. The largest absolute Gasteiger partial charge is 0.481 e. The second-order valence-electron chi connectivity index (χ2n) is 3.45. The Balaban J connectivity index is 2.41. The molecule has 1 atom stereocenters. The Hall–Kier alpha value is -2.51. The number of rotatable bonds is 6. The Bertz CT molecular complexity index is 428. The highest BCUT2D eigenvalue weighted by molar-refractivity contribution is 5.86. The number of furan rings is 1. The summed E-state index contributed by atoms with van der Waals surface area (Å²) in [5.74, 6) is -2.71. The quantitative estimate of drug-likeness (QED) is 0.567. The first-order chi connectivity index (χ1) is 8.49. The van der Waals surface area contributed by atoms with Crippen LogP contribution >= 0.6 is 0 Å². The van der Waals surface area contributed by atoms with Crippen LogP contribution in [0.1, 0.15) is 12.0 Å². The van der Waals surface area contributed by atoms with E-state index in [-0.39, 0.29) is 6.54 Å². The highest BCUT2D eigenvalue weighted by atomic mass is 16.4. The number of nitrogens with one attached hydrogen (secondary N) is 2. The van der Waals surface area contributed by atoms with Crippen molar-refractivity contribution in [3.8, 4) is 0 Å². The Morgan fingerprint density at radius 1 is 1.33 bits per heavy atom. The number of carbonyl (C=O) groups excluding carboxylic acids is 1. The third kappa shape index (κ3) is 4.56. The molecule has 1 aromatic heterocycles. The Morgan fingerprint density at radius 2 is 2.06 bits per heavy atom. The van der Waals surface area contributed by atoms with Gasteiger partial charge in [0, 0.05) is 12.1 Å². The van der Waals surface area contributed by atoms with Gasteiger partial charge in [-0.2, -0.15) is 0 Å². The van der Waals surface area contributed by atoms with Crippen LogP contribution in [-0.2, 0) is 16.1 Å². The number of urea groups is 1. The normalized spacial score (nSPS) is 11.6. The van der Waals surface area contributed by atoms with Gasteiger partial charge in [-0.05, 0) is 6.07 Å². The average molecular weight is 256 g/mol. The van der Waals surface area contributed by atoms with Crippen LogP contribution in [0.15, 0.2) is 23.0 Å². The van der Waals surface area contributed by atoms with Gasteiger partial charge in [0.1, 0.15) is 6.04 Å². The van der Waals surface area contributed by atoms with Crippen LogP contribution in [0.2, 0.25) is 0 Å². The van der Waals surface area contributed by atoms with Gasteiger partial charge in [-0.15, -0.1) is 0 Å². The van der Waals surface area contributed by atoms with E-state index in [1.807, 2.05) is 5.32 Å². The first kappa shape index (κ1) is 13.6. The Kier molecular flexibility index (Phi) is 4.73. The Labute approximate surface area is 102 Å². The average Bonchev–Trinajstić information content (AvgIpc) is 2.77. The molecule has 8 nitrogen and oxygen atoms in total. The summed E-state index contributed by atoms with van der Waals surface area (Å²) in [6.45, 7) is 0.155. The molecule has 98 valence electrons. The van der Waals surface area contributed by atoms with E-state index in [0.29, 0.717) is 5.56 Å². The molecule has 0 aromatic carbocycles. The molecule has 1 heterocycles. The number of carboxylic acids is 2. The van der Waals surface area contributed by atoms with Crippen molar-refractivity contribution < 1.29 is 29.0 Å². The van der Waals surface area contributed by atoms with Gasteiger partial charge in [0.05, 0.1) is 18.9 Å². The van der Waals surface area contributed by atoms with Gasteiger partial charge < -0.3 is 25.3 Å². The lowest BCUT2D eigenvalue weighted by atomic mass is 10.2. The molecule has 0 saturated heterocycles. The van der Waals surface area contributed by atoms with E-state index in [2.05, 4.69) is 5.32 Å². The molecule has 0 spiro atoms. The zero-order valence-corrected chi connectivity index (χ0v) is 9.25. The van der Waals surface area contributed by atoms with Crippen LogP contribution < -0.4 is 10.6 Å². The van der Waals surface area contributed by atoms with Crippen LogP contribution in [0.5, 0.6) is 0 Å². The van der Waals surface area contributed by atoms with Crippen LogP contribution in [0, 0.1) is 0 Å². The lowest BCUT2D eigenvalue weighted by Gasteiger charge is -2.12. The second kappa shape index (κ2) is 6.28. The first-order valence-corrected chi connectivity index (χ1v) is 4.99. The summed E-state index contributed by atoms with van der Waals surface area (Å²) in [7, 11) is 0. The number of hydrogen-bond donors (Lipinski definition) is 4. The minimum Gasteiger partial charge on any atom is -0.481 e. The SMILES string of the molecule is O=C(O)C[C@@H](NC(=O)NCc1ccoc1)C(=O)O. The highest BCUT2D eigenvalue weighted by Gasteiger charge is 2.22. The van der Waals surface area contributed by atoms with Gasteiger partial charge >= 0.3 is 18.0 Å². The summed E-state index contributed by atoms with van der Waals surface area (Å²) >= 11 is 0. The summed E-state index contributed by atoms with van der Waals surface area (Å²) in [4.78, 5) is 32.4. The maximum atomic E-state index is 11.3. The van der Waals surface area contributed by atoms with E-state index in [4.69, 9.17) is 14.6 Å². The fraction of sp³-hybridized carbons (Fsp3) is 0.300. The van der Waals surface area contributed by atoms with Crippen LogP contribution in [0.25, 0.3) is 0 Å². The third-order valence-corrected chi connectivity index (χ3v) is 2.02. The first-order valence-electron chi connectivity index (χ1n) is 4.99. The number of hydrogen-bond acceptors (Lipinski definition) is 4. The van der Waals surface area contributed by atoms with Crippen molar-refractivity contribution >= 4 is 18.0 Å². The summed E-state index contributed by atoms with van der Waals surface area (Å²) in [6, 6.07) is -0.594. The van der Waals surface area contributed by atoms with E-state index < -0.39 is 30.4 Å². The molecule has 1 aromatic rings. The predicted molar refractivity (Wildman–Crippen MR) is 57.8 cm³/mol. The molecule has 1 rings (SSSR count). The van der Waals surface area contributed by atoms with Gasteiger partial charge in [-0.3, -0.25) is 4.79 Å². The third-order valence-electron chi connectivity index (χ3n) is 2.02. The molecular weight excluding hydrogens is 244 g/mol. The van der Waals surface area contributed by atoms with E-state index in [9.17, 15) is 14.4 Å². The second-order valence-corrected chi connectivity index (χ2v) is 3.45. The lowest BCUT2D eigenvalue weighted by Crippen LogP contribution is -2.46. The van der Waals surface area contributed by atoms with Crippen LogP contribution in [-0.4, -0.2) is 34.2 Å². The van der Waals surface area contributed by atoms with E-state index in [1.54, 1.807) is 6.07 Å². The van der Waals surface area contributed by atoms with Crippen molar-refractivity contribution in [2.24, 2.45) is 0 Å². The molecule has 0 aliphatic heterocycles.